The number of nitrogens with zero attached hydrogens (tertiary/aromatic N) is 2. The summed E-state index contributed by atoms with van der Waals surface area (Å²) in [6, 6.07) is -2.75. The number of carbonyl (C=O) groups is 5. The van der Waals surface area contributed by atoms with E-state index < -0.39 is 53.1 Å². The summed E-state index contributed by atoms with van der Waals surface area (Å²) in [7, 11) is 4.58. The maximum absolute atomic E-state index is 14.3. The van der Waals surface area contributed by atoms with E-state index in [1.165, 1.54) is 11.9 Å². The minimum Gasteiger partial charge on any atom is -0.334 e. The molecule has 0 spiro atoms. The molecule has 36 heavy (non-hydrogen) atoms. The molecule has 0 aromatic rings. The van der Waals surface area contributed by atoms with Crippen LogP contribution in [-0.4, -0.2) is 90.9 Å². The van der Waals surface area contributed by atoms with Gasteiger partial charge in [-0.15, -0.1) is 0 Å². The first-order valence-electron chi connectivity index (χ1n) is 12.9. The fourth-order valence-electron chi connectivity index (χ4n) is 4.44. The van der Waals surface area contributed by atoms with Crippen molar-refractivity contribution in [3.8, 4) is 0 Å². The number of imide groups is 1. The Balaban J connectivity index is 7.36. The highest BCUT2D eigenvalue weighted by molar-refractivity contribution is 6.19. The maximum Gasteiger partial charge on any atom is 0.257 e. The van der Waals surface area contributed by atoms with Crippen molar-refractivity contribution in [2.75, 3.05) is 27.7 Å². The molecular weight excluding hydrogens is 462 g/mol. The molecule has 208 valence electrons. The average molecular weight is 512 g/mol. The van der Waals surface area contributed by atoms with Gasteiger partial charge in [0, 0.05) is 7.05 Å². The zero-order chi connectivity index (χ0) is 28.4. The highest BCUT2D eigenvalue weighted by atomic mass is 16.2. The lowest BCUT2D eigenvalue weighted by atomic mass is 9.77. The standard InChI is InChI=1S/C26H49N5O5/c1-11-20(27)23(34)31(24(35)21(29-9)13-17(4)5)26(18(6)7,22(33)14-28-8)25(36)30(10)19(15-32)12-16(2)3/h15-21,28-29H,11-14,27H2,1-10H3/t19-,20?,21-,26+/m0/s1. The number of nitrogens with two attached hydrogens (primary N) is 1. The van der Waals surface area contributed by atoms with Gasteiger partial charge in [-0.2, -0.15) is 0 Å². The van der Waals surface area contributed by atoms with Crippen LogP contribution in [0.5, 0.6) is 0 Å². The molecule has 0 radical (unpaired) electrons. The third kappa shape index (κ3) is 7.66. The molecule has 0 aliphatic carbocycles. The molecule has 10 nitrogen and oxygen atoms in total. The Labute approximate surface area is 217 Å². The second kappa shape index (κ2) is 15.2. The van der Waals surface area contributed by atoms with E-state index in [4.69, 9.17) is 5.73 Å². The summed E-state index contributed by atoms with van der Waals surface area (Å²) < 4.78 is 0. The fourth-order valence-corrected chi connectivity index (χ4v) is 4.44. The number of likely N-dealkylation sites (N-methyl/N-ethyl adjacent to an activating group) is 3. The summed E-state index contributed by atoms with van der Waals surface area (Å²) in [5.41, 5.74) is 3.93. The summed E-state index contributed by atoms with van der Waals surface area (Å²) in [5.74, 6) is -3.52. The Morgan fingerprint density at radius 2 is 1.47 bits per heavy atom. The van der Waals surface area contributed by atoms with Crippen LogP contribution in [0.1, 0.15) is 67.7 Å². The number of rotatable bonds is 16. The van der Waals surface area contributed by atoms with Crippen LogP contribution in [0.2, 0.25) is 0 Å². The molecule has 3 amide bonds. The van der Waals surface area contributed by atoms with E-state index in [-0.39, 0.29) is 24.8 Å². The second-order valence-electron chi connectivity index (χ2n) is 10.6. The number of carbonyl (C=O) groups excluding carboxylic acids is 5. The van der Waals surface area contributed by atoms with E-state index in [0.29, 0.717) is 19.1 Å². The monoisotopic (exact) mass is 511 g/mol. The van der Waals surface area contributed by atoms with Crippen molar-refractivity contribution >= 4 is 29.8 Å². The van der Waals surface area contributed by atoms with Crippen LogP contribution in [0.3, 0.4) is 0 Å². The van der Waals surface area contributed by atoms with E-state index in [1.807, 2.05) is 27.7 Å². The summed E-state index contributed by atoms with van der Waals surface area (Å²) >= 11 is 0. The molecule has 0 heterocycles. The number of hydrogen-bond acceptors (Lipinski definition) is 8. The molecule has 0 aromatic carbocycles. The van der Waals surface area contributed by atoms with E-state index in [9.17, 15) is 24.0 Å². The molecule has 4 N–H and O–H groups in total. The number of amides is 3. The topological polar surface area (TPSA) is 142 Å². The molecular formula is C26H49N5O5. The van der Waals surface area contributed by atoms with Gasteiger partial charge in [0.1, 0.15) is 6.29 Å². The lowest BCUT2D eigenvalue weighted by Crippen LogP contribution is -2.74. The van der Waals surface area contributed by atoms with Gasteiger partial charge in [-0.3, -0.25) is 24.1 Å². The molecule has 0 fully saturated rings. The predicted molar refractivity (Wildman–Crippen MR) is 141 cm³/mol. The minimum atomic E-state index is -2.19. The van der Waals surface area contributed by atoms with Gasteiger partial charge in [-0.1, -0.05) is 48.5 Å². The van der Waals surface area contributed by atoms with Crippen LogP contribution in [-0.2, 0) is 24.0 Å². The summed E-state index contributed by atoms with van der Waals surface area (Å²) in [6.45, 7) is 12.4. The van der Waals surface area contributed by atoms with Gasteiger partial charge in [0.15, 0.2) is 11.3 Å². The van der Waals surface area contributed by atoms with Crippen LogP contribution in [0.25, 0.3) is 0 Å². The van der Waals surface area contributed by atoms with Crippen LogP contribution >= 0.6 is 0 Å². The van der Waals surface area contributed by atoms with E-state index in [1.54, 1.807) is 34.9 Å². The Morgan fingerprint density at radius 3 is 1.83 bits per heavy atom. The second-order valence-corrected chi connectivity index (χ2v) is 10.6. The van der Waals surface area contributed by atoms with Crippen molar-refractivity contribution in [3.05, 3.63) is 0 Å². The van der Waals surface area contributed by atoms with Crippen molar-refractivity contribution in [3.63, 3.8) is 0 Å². The van der Waals surface area contributed by atoms with Crippen molar-refractivity contribution < 1.29 is 24.0 Å². The fraction of sp³-hybridized carbons (Fsp3) is 0.808. The highest BCUT2D eigenvalue weighted by Gasteiger charge is 2.59. The maximum atomic E-state index is 14.3. The van der Waals surface area contributed by atoms with E-state index in [0.717, 1.165) is 4.90 Å². The Kier molecular flexibility index (Phi) is 14.3. The number of Topliss-reactive ketones (excluding diaryl/α,β-unsaturated/α-hetero) is 1. The lowest BCUT2D eigenvalue weighted by molar-refractivity contribution is -0.173. The van der Waals surface area contributed by atoms with Gasteiger partial charge in [0.05, 0.1) is 24.7 Å². The van der Waals surface area contributed by atoms with Gasteiger partial charge in [-0.25, -0.2) is 0 Å². The van der Waals surface area contributed by atoms with Gasteiger partial charge in [0.25, 0.3) is 5.91 Å². The lowest BCUT2D eigenvalue weighted by Gasteiger charge is -2.47. The molecule has 0 aromatic heterocycles. The van der Waals surface area contributed by atoms with Crippen molar-refractivity contribution in [1.29, 1.82) is 0 Å². The molecule has 0 aliphatic rings. The SMILES string of the molecule is CCC(N)C(=O)N(C(=O)[C@H](CC(C)C)NC)[C@](C(=O)CNC)(C(=O)N(C)[C@H](C=O)CC(C)C)C(C)C. The van der Waals surface area contributed by atoms with Gasteiger partial charge < -0.3 is 26.1 Å². The van der Waals surface area contributed by atoms with Crippen LogP contribution in [0.4, 0.5) is 0 Å². The average Bonchev–Trinajstić information content (AvgIpc) is 2.81. The first-order valence-corrected chi connectivity index (χ1v) is 12.9. The molecule has 0 bridgehead atoms. The molecule has 1 unspecified atom stereocenters. The van der Waals surface area contributed by atoms with Crippen molar-refractivity contribution in [2.24, 2.45) is 23.5 Å². The Morgan fingerprint density at radius 1 is 0.944 bits per heavy atom. The molecule has 0 aliphatic heterocycles. The van der Waals surface area contributed by atoms with Crippen molar-refractivity contribution in [2.45, 2.75) is 91.4 Å². The predicted octanol–water partition coefficient (Wildman–Crippen LogP) is 0.968. The number of hydrogen-bond donors (Lipinski definition) is 3. The largest absolute Gasteiger partial charge is 0.334 e. The minimum absolute atomic E-state index is 0.0875. The molecule has 4 atom stereocenters. The van der Waals surface area contributed by atoms with E-state index in [2.05, 4.69) is 10.6 Å². The highest BCUT2D eigenvalue weighted by Crippen LogP contribution is 2.32. The Bertz CT molecular complexity index is 770. The number of nitrogens with one attached hydrogen (secondary N) is 2. The molecule has 10 heteroatoms. The summed E-state index contributed by atoms with van der Waals surface area (Å²) in [5, 5.41) is 5.71. The first kappa shape index (κ1) is 33.8. The molecule has 0 rings (SSSR count). The molecule has 0 saturated heterocycles. The van der Waals surface area contributed by atoms with Gasteiger partial charge >= 0.3 is 0 Å². The number of aldehydes is 1. The summed E-state index contributed by atoms with van der Waals surface area (Å²) in [4.78, 5) is 70.0. The third-order valence-corrected chi connectivity index (χ3v) is 6.52. The van der Waals surface area contributed by atoms with Crippen LogP contribution in [0, 0.1) is 17.8 Å². The number of ketones is 1. The van der Waals surface area contributed by atoms with E-state index >= 15 is 0 Å². The third-order valence-electron chi connectivity index (χ3n) is 6.52. The normalized spacial score (nSPS) is 15.8. The van der Waals surface area contributed by atoms with Gasteiger partial charge in [-0.05, 0) is 51.1 Å². The van der Waals surface area contributed by atoms with Gasteiger partial charge in [0.2, 0.25) is 11.8 Å². The zero-order valence-electron chi connectivity index (χ0n) is 23.9. The quantitative estimate of drug-likeness (QED) is 0.206. The van der Waals surface area contributed by atoms with Crippen LogP contribution in [0.15, 0.2) is 0 Å². The molecule has 0 saturated carbocycles. The van der Waals surface area contributed by atoms with Crippen molar-refractivity contribution in [1.82, 2.24) is 20.4 Å². The first-order chi connectivity index (χ1) is 16.7. The van der Waals surface area contributed by atoms with Crippen LogP contribution < -0.4 is 16.4 Å². The Hall–Kier alpha value is -2.17. The summed E-state index contributed by atoms with van der Waals surface area (Å²) in [6.07, 6.45) is 1.61. The smallest absolute Gasteiger partial charge is 0.257 e. The zero-order valence-corrected chi connectivity index (χ0v) is 23.9.